The number of carbonyl (C=O) groups is 4. The molecular formula is C22H14O6. The number of hydrogen-bond acceptors (Lipinski definition) is 6. The maximum atomic E-state index is 13.2. The number of phenols is 2. The number of fused-ring (bicyclic) bond motifs is 2. The molecule has 6 heteroatoms. The summed E-state index contributed by atoms with van der Waals surface area (Å²) in [6.07, 6.45) is 1.13. The van der Waals surface area contributed by atoms with Crippen LogP contribution in [0, 0.1) is 0 Å². The van der Waals surface area contributed by atoms with Gasteiger partial charge in [-0.3, -0.25) is 19.2 Å². The van der Waals surface area contributed by atoms with Crippen molar-refractivity contribution < 1.29 is 29.4 Å². The summed E-state index contributed by atoms with van der Waals surface area (Å²) in [4.78, 5) is 51.2. The van der Waals surface area contributed by atoms with Crippen LogP contribution in [0.5, 0.6) is 11.5 Å². The lowest BCUT2D eigenvalue weighted by atomic mass is 9.77. The highest BCUT2D eigenvalue weighted by Crippen LogP contribution is 2.41. The fraction of sp³-hybridized carbons (Fsp3) is 0.0909. The van der Waals surface area contributed by atoms with E-state index in [1.807, 2.05) is 0 Å². The van der Waals surface area contributed by atoms with E-state index in [-0.39, 0.29) is 56.0 Å². The summed E-state index contributed by atoms with van der Waals surface area (Å²) in [7, 11) is 0. The zero-order valence-corrected chi connectivity index (χ0v) is 15.0. The molecule has 6 nitrogen and oxygen atoms in total. The fourth-order valence-corrected chi connectivity index (χ4v) is 3.72. The summed E-state index contributed by atoms with van der Waals surface area (Å²) in [5.74, 6) is -2.86. The van der Waals surface area contributed by atoms with E-state index in [0.717, 1.165) is 6.08 Å². The SMILES string of the molecule is CC1=CC(=O)c2c(O)ccc(C3=C(C)C(=O)c4cccc(O)c4C3=O)c2C1=O. The van der Waals surface area contributed by atoms with Crippen LogP contribution in [0.15, 0.2) is 47.6 Å². The van der Waals surface area contributed by atoms with Crippen LogP contribution in [0.3, 0.4) is 0 Å². The lowest BCUT2D eigenvalue weighted by molar-refractivity contribution is 0.0979. The van der Waals surface area contributed by atoms with Crippen LogP contribution in [0.4, 0.5) is 0 Å². The molecule has 2 aromatic rings. The highest BCUT2D eigenvalue weighted by atomic mass is 16.3. The largest absolute Gasteiger partial charge is 0.507 e. The molecule has 2 aliphatic rings. The van der Waals surface area contributed by atoms with Gasteiger partial charge in [0.15, 0.2) is 23.1 Å². The zero-order valence-electron chi connectivity index (χ0n) is 15.0. The number of ketones is 4. The van der Waals surface area contributed by atoms with Gasteiger partial charge in [-0.2, -0.15) is 0 Å². The molecule has 0 spiro atoms. The molecule has 0 atom stereocenters. The molecule has 0 fully saturated rings. The maximum Gasteiger partial charge on any atom is 0.198 e. The first-order valence-electron chi connectivity index (χ1n) is 8.50. The first-order chi connectivity index (χ1) is 13.2. The van der Waals surface area contributed by atoms with Gasteiger partial charge in [-0.05, 0) is 43.7 Å². The van der Waals surface area contributed by atoms with E-state index in [0.29, 0.717) is 0 Å². The number of allylic oxidation sites excluding steroid dienone is 4. The molecule has 28 heavy (non-hydrogen) atoms. The van der Waals surface area contributed by atoms with E-state index >= 15 is 0 Å². The molecule has 0 aromatic heterocycles. The predicted octanol–water partition coefficient (Wildman–Crippen LogP) is 3.28. The van der Waals surface area contributed by atoms with E-state index in [1.165, 1.54) is 44.2 Å². The van der Waals surface area contributed by atoms with Crippen LogP contribution >= 0.6 is 0 Å². The molecule has 2 aliphatic carbocycles. The molecule has 0 saturated carbocycles. The van der Waals surface area contributed by atoms with Crippen molar-refractivity contribution in [2.45, 2.75) is 13.8 Å². The molecule has 4 rings (SSSR count). The lowest BCUT2D eigenvalue weighted by Gasteiger charge is -2.24. The Bertz CT molecular complexity index is 1210. The van der Waals surface area contributed by atoms with Crippen molar-refractivity contribution in [3.05, 3.63) is 75.4 Å². The minimum atomic E-state index is -0.620. The molecule has 0 radical (unpaired) electrons. The Labute approximate surface area is 159 Å². The second-order valence-corrected chi connectivity index (χ2v) is 6.76. The molecular weight excluding hydrogens is 360 g/mol. The van der Waals surface area contributed by atoms with Gasteiger partial charge in [0, 0.05) is 27.8 Å². The number of carbonyl (C=O) groups excluding carboxylic acids is 4. The van der Waals surface area contributed by atoms with Crippen molar-refractivity contribution in [1.29, 1.82) is 0 Å². The van der Waals surface area contributed by atoms with E-state index in [9.17, 15) is 29.4 Å². The normalized spacial score (nSPS) is 16.1. The summed E-state index contributed by atoms with van der Waals surface area (Å²) in [5, 5.41) is 20.3. The maximum absolute atomic E-state index is 13.2. The Morgan fingerprint density at radius 1 is 0.679 bits per heavy atom. The van der Waals surface area contributed by atoms with Crippen molar-refractivity contribution >= 4 is 28.7 Å². The topological polar surface area (TPSA) is 109 Å². The van der Waals surface area contributed by atoms with E-state index in [2.05, 4.69) is 0 Å². The van der Waals surface area contributed by atoms with Crippen LogP contribution in [0.2, 0.25) is 0 Å². The number of hydrogen-bond donors (Lipinski definition) is 2. The van der Waals surface area contributed by atoms with E-state index in [1.54, 1.807) is 0 Å². The highest BCUT2D eigenvalue weighted by molar-refractivity contribution is 6.42. The minimum Gasteiger partial charge on any atom is -0.507 e. The van der Waals surface area contributed by atoms with Crippen molar-refractivity contribution in [3.63, 3.8) is 0 Å². The van der Waals surface area contributed by atoms with E-state index < -0.39 is 23.1 Å². The average molecular weight is 374 g/mol. The van der Waals surface area contributed by atoms with Gasteiger partial charge < -0.3 is 10.2 Å². The van der Waals surface area contributed by atoms with Crippen molar-refractivity contribution in [1.82, 2.24) is 0 Å². The Kier molecular flexibility index (Phi) is 3.68. The molecule has 2 aromatic carbocycles. The third kappa shape index (κ3) is 2.21. The van der Waals surface area contributed by atoms with E-state index in [4.69, 9.17) is 0 Å². The third-order valence-electron chi connectivity index (χ3n) is 5.09. The molecule has 0 bridgehead atoms. The van der Waals surface area contributed by atoms with Crippen molar-refractivity contribution in [2.24, 2.45) is 0 Å². The van der Waals surface area contributed by atoms with Gasteiger partial charge >= 0.3 is 0 Å². The molecule has 0 aliphatic heterocycles. The van der Waals surface area contributed by atoms with Crippen LogP contribution in [0.1, 0.15) is 60.8 Å². The first kappa shape index (κ1) is 17.6. The first-order valence-corrected chi connectivity index (χ1v) is 8.50. The third-order valence-corrected chi connectivity index (χ3v) is 5.09. The molecule has 0 unspecified atom stereocenters. The molecule has 138 valence electrons. The second kappa shape index (κ2) is 5.85. The van der Waals surface area contributed by atoms with Crippen LogP contribution in [-0.2, 0) is 0 Å². The van der Waals surface area contributed by atoms with Gasteiger partial charge in [-0.25, -0.2) is 0 Å². The standard InChI is InChI=1S/C22H14O6/c1-9-8-15(25)19-14(24)7-6-11(18(19)20(9)26)16-10(2)21(27)12-4-3-5-13(23)17(12)22(16)28/h3-8,23-24H,1-2H3. The van der Waals surface area contributed by atoms with Crippen LogP contribution < -0.4 is 0 Å². The smallest absolute Gasteiger partial charge is 0.198 e. The summed E-state index contributed by atoms with van der Waals surface area (Å²) < 4.78 is 0. The predicted molar refractivity (Wildman–Crippen MR) is 99.9 cm³/mol. The van der Waals surface area contributed by atoms with Crippen molar-refractivity contribution in [2.75, 3.05) is 0 Å². The van der Waals surface area contributed by atoms with Crippen molar-refractivity contribution in [3.8, 4) is 11.5 Å². The van der Waals surface area contributed by atoms with Gasteiger partial charge in [0.1, 0.15) is 11.5 Å². The quantitative estimate of drug-likeness (QED) is 0.793. The van der Waals surface area contributed by atoms with Gasteiger partial charge in [-0.1, -0.05) is 12.1 Å². The minimum absolute atomic E-state index is 0.0638. The average Bonchev–Trinajstić information content (AvgIpc) is 2.65. The monoisotopic (exact) mass is 374 g/mol. The number of aromatic hydroxyl groups is 2. The van der Waals surface area contributed by atoms with Gasteiger partial charge in [0.2, 0.25) is 0 Å². The summed E-state index contributed by atoms with van der Waals surface area (Å²) in [6.45, 7) is 2.92. The Morgan fingerprint density at radius 3 is 2.07 bits per heavy atom. The van der Waals surface area contributed by atoms with Crippen LogP contribution in [0.25, 0.3) is 5.57 Å². The Balaban J connectivity index is 2.06. The number of Topliss-reactive ketones (excluding diaryl/α,β-unsaturated/α-hetero) is 3. The Hall–Kier alpha value is -3.80. The number of phenolic OH excluding ortho intramolecular Hbond substituents is 2. The molecule has 0 amide bonds. The molecule has 2 N–H and O–H groups in total. The van der Waals surface area contributed by atoms with Gasteiger partial charge in [0.05, 0.1) is 11.1 Å². The second-order valence-electron chi connectivity index (χ2n) is 6.76. The highest BCUT2D eigenvalue weighted by Gasteiger charge is 2.37. The summed E-state index contributed by atoms with van der Waals surface area (Å²) in [6, 6.07) is 6.77. The lowest BCUT2D eigenvalue weighted by Crippen LogP contribution is -2.24. The van der Waals surface area contributed by atoms with Gasteiger partial charge in [-0.15, -0.1) is 0 Å². The van der Waals surface area contributed by atoms with Crippen LogP contribution in [-0.4, -0.2) is 33.3 Å². The zero-order chi connectivity index (χ0) is 20.3. The molecule has 0 heterocycles. The Morgan fingerprint density at radius 2 is 1.36 bits per heavy atom. The molecule has 0 saturated heterocycles. The van der Waals surface area contributed by atoms with Gasteiger partial charge in [0.25, 0.3) is 0 Å². The number of benzene rings is 2. The summed E-state index contributed by atoms with van der Waals surface area (Å²) >= 11 is 0. The summed E-state index contributed by atoms with van der Waals surface area (Å²) in [5.41, 5.74) is -0.0800. The number of rotatable bonds is 1. The fourth-order valence-electron chi connectivity index (χ4n) is 3.72.